The fraction of sp³-hybridized carbons (Fsp3) is 0.259. The quantitative estimate of drug-likeness (QED) is 0.540. The van der Waals surface area contributed by atoms with Gasteiger partial charge in [0.25, 0.3) is 5.91 Å². The van der Waals surface area contributed by atoms with Crippen LogP contribution in [0.5, 0.6) is 11.5 Å². The third-order valence-electron chi connectivity index (χ3n) is 5.97. The molecule has 1 unspecified atom stereocenters. The van der Waals surface area contributed by atoms with Gasteiger partial charge < -0.3 is 9.47 Å². The van der Waals surface area contributed by atoms with E-state index in [0.717, 1.165) is 5.56 Å². The van der Waals surface area contributed by atoms with Gasteiger partial charge >= 0.3 is 0 Å². The number of amides is 2. The van der Waals surface area contributed by atoms with Gasteiger partial charge in [0.1, 0.15) is 24.1 Å². The van der Waals surface area contributed by atoms with Crippen molar-refractivity contribution >= 4 is 23.2 Å². The minimum absolute atomic E-state index is 0.0776. The van der Waals surface area contributed by atoms with E-state index in [1.165, 1.54) is 10.5 Å². The summed E-state index contributed by atoms with van der Waals surface area (Å²) < 4.78 is 10.7. The van der Waals surface area contributed by atoms with Crippen LogP contribution in [-0.2, 0) is 9.59 Å². The lowest BCUT2D eigenvalue weighted by Crippen LogP contribution is -2.56. The van der Waals surface area contributed by atoms with E-state index in [1.54, 1.807) is 55.5 Å². The van der Waals surface area contributed by atoms with Gasteiger partial charge in [-0.05, 0) is 53.4 Å². The lowest BCUT2D eigenvalue weighted by Gasteiger charge is -2.40. The Balaban J connectivity index is 1.81. The lowest BCUT2D eigenvalue weighted by atomic mass is 9.95. The number of benzene rings is 3. The van der Waals surface area contributed by atoms with Crippen LogP contribution >= 0.6 is 0 Å². The minimum Gasteiger partial charge on any atom is -0.497 e. The molecule has 0 bridgehead atoms. The monoisotopic (exact) mass is 444 g/mol. The first-order valence-corrected chi connectivity index (χ1v) is 10.9. The van der Waals surface area contributed by atoms with Crippen molar-refractivity contribution in [1.29, 1.82) is 0 Å². The normalized spacial score (nSPS) is 16.3. The van der Waals surface area contributed by atoms with Crippen LogP contribution in [0.2, 0.25) is 0 Å². The molecule has 33 heavy (non-hydrogen) atoms. The number of carbonyl (C=O) groups excluding carboxylic acids is 2. The summed E-state index contributed by atoms with van der Waals surface area (Å²) in [6.07, 6.45) is 0. The number of hydrogen-bond acceptors (Lipinski definition) is 4. The largest absolute Gasteiger partial charge is 0.497 e. The molecule has 0 aromatic heterocycles. The summed E-state index contributed by atoms with van der Waals surface area (Å²) in [4.78, 5) is 30.5. The Kier molecular flexibility index (Phi) is 6.36. The average Bonchev–Trinajstić information content (AvgIpc) is 2.85. The zero-order valence-corrected chi connectivity index (χ0v) is 19.3. The molecule has 0 radical (unpaired) electrons. The molecule has 1 atom stereocenters. The van der Waals surface area contributed by atoms with Crippen molar-refractivity contribution < 1.29 is 19.1 Å². The topological polar surface area (TPSA) is 59.1 Å². The van der Waals surface area contributed by atoms with Gasteiger partial charge in [0.05, 0.1) is 19.9 Å². The van der Waals surface area contributed by atoms with E-state index in [1.807, 2.05) is 36.4 Å². The van der Waals surface area contributed by atoms with Crippen LogP contribution in [-0.4, -0.2) is 32.6 Å². The summed E-state index contributed by atoms with van der Waals surface area (Å²) in [6, 6.07) is 21.6. The molecule has 1 aliphatic heterocycles. The molecule has 6 heteroatoms. The highest BCUT2D eigenvalue weighted by atomic mass is 16.5. The number of rotatable bonds is 6. The minimum atomic E-state index is -0.800. The van der Waals surface area contributed by atoms with Gasteiger partial charge in [-0.1, -0.05) is 50.2 Å². The number of para-hydroxylation sites is 2. The van der Waals surface area contributed by atoms with E-state index in [-0.39, 0.29) is 18.4 Å². The second-order valence-corrected chi connectivity index (χ2v) is 8.28. The second-order valence-electron chi connectivity index (χ2n) is 8.28. The molecule has 0 spiro atoms. The maximum Gasteiger partial charge on any atom is 0.255 e. The van der Waals surface area contributed by atoms with Crippen molar-refractivity contribution in [2.24, 2.45) is 0 Å². The van der Waals surface area contributed by atoms with Crippen molar-refractivity contribution in [1.82, 2.24) is 0 Å². The summed E-state index contributed by atoms with van der Waals surface area (Å²) in [7, 11) is 3.15. The Labute approximate surface area is 194 Å². The Bertz CT molecular complexity index is 1140. The smallest absolute Gasteiger partial charge is 0.255 e. The Morgan fingerprint density at radius 2 is 1.52 bits per heavy atom. The van der Waals surface area contributed by atoms with Gasteiger partial charge in [-0.2, -0.15) is 0 Å². The van der Waals surface area contributed by atoms with Crippen LogP contribution < -0.4 is 19.3 Å². The molecule has 1 heterocycles. The van der Waals surface area contributed by atoms with Gasteiger partial charge in [0.15, 0.2) is 0 Å². The number of piperazine rings is 1. The van der Waals surface area contributed by atoms with E-state index in [2.05, 4.69) is 13.8 Å². The van der Waals surface area contributed by atoms with E-state index in [9.17, 15) is 9.59 Å². The molecule has 1 saturated heterocycles. The van der Waals surface area contributed by atoms with E-state index in [0.29, 0.717) is 28.8 Å². The number of methoxy groups -OCH3 is 2. The molecule has 0 saturated carbocycles. The van der Waals surface area contributed by atoms with Gasteiger partial charge in [-0.3, -0.25) is 19.4 Å². The van der Waals surface area contributed by atoms with Crippen molar-refractivity contribution in [2.75, 3.05) is 30.6 Å². The fourth-order valence-electron chi connectivity index (χ4n) is 4.14. The van der Waals surface area contributed by atoms with E-state index in [4.69, 9.17) is 9.47 Å². The highest BCUT2D eigenvalue weighted by Crippen LogP contribution is 2.38. The molecule has 3 aromatic carbocycles. The van der Waals surface area contributed by atoms with Gasteiger partial charge in [0.2, 0.25) is 5.91 Å². The van der Waals surface area contributed by atoms with Crippen LogP contribution in [0.15, 0.2) is 72.8 Å². The van der Waals surface area contributed by atoms with Gasteiger partial charge in [-0.15, -0.1) is 0 Å². The molecule has 2 amide bonds. The fourth-order valence-corrected chi connectivity index (χ4v) is 4.14. The highest BCUT2D eigenvalue weighted by molar-refractivity contribution is 6.15. The summed E-state index contributed by atoms with van der Waals surface area (Å²) in [5, 5.41) is 0. The van der Waals surface area contributed by atoms with Crippen molar-refractivity contribution in [3.05, 3.63) is 83.9 Å². The van der Waals surface area contributed by atoms with Crippen molar-refractivity contribution in [2.45, 2.75) is 25.8 Å². The summed E-state index contributed by atoms with van der Waals surface area (Å²) in [5.41, 5.74) is 3.15. The third kappa shape index (κ3) is 4.29. The first-order chi connectivity index (χ1) is 15.9. The predicted octanol–water partition coefficient (Wildman–Crippen LogP) is 4.95. The zero-order valence-electron chi connectivity index (χ0n) is 19.3. The van der Waals surface area contributed by atoms with Gasteiger partial charge in [0, 0.05) is 5.69 Å². The lowest BCUT2D eigenvalue weighted by molar-refractivity contribution is -0.128. The number of nitrogens with zero attached hydrogens (tertiary/aromatic N) is 2. The number of hydrogen-bond donors (Lipinski definition) is 0. The predicted molar refractivity (Wildman–Crippen MR) is 129 cm³/mol. The summed E-state index contributed by atoms with van der Waals surface area (Å²) in [6.45, 7) is 4.17. The van der Waals surface area contributed by atoms with E-state index >= 15 is 0 Å². The molecular formula is C27H28N2O4. The maximum absolute atomic E-state index is 13.9. The Morgan fingerprint density at radius 3 is 2.12 bits per heavy atom. The van der Waals surface area contributed by atoms with Crippen LogP contribution in [0.4, 0.5) is 11.4 Å². The van der Waals surface area contributed by atoms with Crippen molar-refractivity contribution in [3.63, 3.8) is 0 Å². The second kappa shape index (κ2) is 9.36. The van der Waals surface area contributed by atoms with Crippen LogP contribution in [0.25, 0.3) is 0 Å². The number of anilines is 2. The molecule has 0 aliphatic carbocycles. The third-order valence-corrected chi connectivity index (χ3v) is 5.97. The number of ether oxygens (including phenoxy) is 2. The van der Waals surface area contributed by atoms with Crippen LogP contribution in [0.1, 0.15) is 36.9 Å². The van der Waals surface area contributed by atoms with Gasteiger partial charge in [-0.25, -0.2) is 0 Å². The zero-order chi connectivity index (χ0) is 23.5. The molecule has 3 aromatic rings. The summed E-state index contributed by atoms with van der Waals surface area (Å²) in [5.74, 6) is 1.23. The molecule has 170 valence electrons. The van der Waals surface area contributed by atoms with Crippen LogP contribution in [0, 0.1) is 0 Å². The Morgan fingerprint density at radius 1 is 0.848 bits per heavy atom. The molecular weight excluding hydrogens is 416 g/mol. The molecule has 6 nitrogen and oxygen atoms in total. The standard InChI is InChI=1S/C27H28N2O4/c1-18(2)19-9-11-20(12-10-19)26-27(31)28(23-7-5-6-8-24(23)33-4)17-25(30)29(26)21-13-15-22(32-3)16-14-21/h5-16,18,26H,17H2,1-4H3. The molecule has 4 rings (SSSR count). The van der Waals surface area contributed by atoms with Crippen LogP contribution in [0.3, 0.4) is 0 Å². The molecule has 1 fully saturated rings. The Hall–Kier alpha value is -3.80. The molecule has 1 aliphatic rings. The molecule has 0 N–H and O–H groups in total. The average molecular weight is 445 g/mol. The van der Waals surface area contributed by atoms with Crippen molar-refractivity contribution in [3.8, 4) is 11.5 Å². The number of carbonyl (C=O) groups is 2. The maximum atomic E-state index is 13.9. The first-order valence-electron chi connectivity index (χ1n) is 10.9. The van der Waals surface area contributed by atoms with E-state index < -0.39 is 6.04 Å². The SMILES string of the molecule is COc1ccc(N2C(=O)CN(c3ccccc3OC)C(=O)C2c2ccc(C(C)C)cc2)cc1. The highest BCUT2D eigenvalue weighted by Gasteiger charge is 2.42. The first kappa shape index (κ1) is 22.4. The summed E-state index contributed by atoms with van der Waals surface area (Å²) >= 11 is 0.